The Labute approximate surface area is 193 Å². The van der Waals surface area contributed by atoms with Crippen molar-refractivity contribution in [2.24, 2.45) is 0 Å². The van der Waals surface area contributed by atoms with Crippen LogP contribution >= 0.6 is 0 Å². The van der Waals surface area contributed by atoms with Gasteiger partial charge in [0.1, 0.15) is 24.6 Å². The Morgan fingerprint density at radius 3 is 2.44 bits per heavy atom. The average molecular weight is 482 g/mol. The minimum atomic E-state index is -4.69. The van der Waals surface area contributed by atoms with Gasteiger partial charge in [-0.1, -0.05) is 12.1 Å². The van der Waals surface area contributed by atoms with Crippen LogP contribution in [0.1, 0.15) is 23.6 Å². The van der Waals surface area contributed by atoms with Crippen LogP contribution in [0.5, 0.6) is 0 Å². The Bertz CT molecular complexity index is 1130. The van der Waals surface area contributed by atoms with Gasteiger partial charge in [-0.05, 0) is 36.8 Å². The Hall–Kier alpha value is -3.08. The van der Waals surface area contributed by atoms with E-state index in [-0.39, 0.29) is 49.7 Å². The van der Waals surface area contributed by atoms with Gasteiger partial charge in [0.2, 0.25) is 0 Å². The SMILES string of the molecule is COCCOCC[N+]1(Cc2cccc(F)c2)C(=O)C(C(=O)O)=C(C)c2ccc(C(F)(F)F)cc21. The van der Waals surface area contributed by atoms with Crippen molar-refractivity contribution < 1.29 is 41.7 Å². The van der Waals surface area contributed by atoms with Crippen molar-refractivity contribution in [1.29, 1.82) is 0 Å². The number of hydrogen-bond donors (Lipinski definition) is 1. The summed E-state index contributed by atoms with van der Waals surface area (Å²) in [4.78, 5) is 25.8. The number of halogens is 4. The predicted molar refractivity (Wildman–Crippen MR) is 116 cm³/mol. The molecule has 1 aliphatic rings. The van der Waals surface area contributed by atoms with Gasteiger partial charge in [-0.2, -0.15) is 13.2 Å². The summed E-state index contributed by atoms with van der Waals surface area (Å²) in [5, 5.41) is 9.80. The summed E-state index contributed by atoms with van der Waals surface area (Å²) in [7, 11) is 1.47. The number of amides is 1. The van der Waals surface area contributed by atoms with E-state index in [1.54, 1.807) is 0 Å². The van der Waals surface area contributed by atoms with Crippen LogP contribution in [0.2, 0.25) is 0 Å². The highest BCUT2D eigenvalue weighted by atomic mass is 19.4. The lowest BCUT2D eigenvalue weighted by Crippen LogP contribution is -2.58. The molecule has 0 saturated carbocycles. The summed E-state index contributed by atoms with van der Waals surface area (Å²) in [6.07, 6.45) is -4.69. The molecule has 0 fully saturated rings. The molecule has 1 N–H and O–H groups in total. The zero-order chi connectivity index (χ0) is 25.1. The standard InChI is InChI=1S/C24H23F4NO5/c1-15-19-7-6-17(24(26,27)28)13-20(19)29(8-9-34-11-10-33-2,22(30)21(15)23(31)32)14-16-4-3-5-18(25)12-16/h3-7,12-13H,8-11,14H2,1-2H3/p+1. The number of methoxy groups -OCH3 is 1. The number of rotatable bonds is 9. The van der Waals surface area contributed by atoms with E-state index in [0.29, 0.717) is 5.56 Å². The van der Waals surface area contributed by atoms with Crippen LogP contribution in [0.4, 0.5) is 23.2 Å². The molecule has 0 saturated heterocycles. The first kappa shape index (κ1) is 25.5. The molecule has 1 amide bonds. The maximum Gasteiger partial charge on any atom is 0.416 e. The normalized spacial score (nSPS) is 18.2. The van der Waals surface area contributed by atoms with Crippen molar-refractivity contribution in [3.05, 3.63) is 70.5 Å². The van der Waals surface area contributed by atoms with Crippen molar-refractivity contribution in [2.75, 3.05) is 33.5 Å². The summed E-state index contributed by atoms with van der Waals surface area (Å²) < 4.78 is 64.3. The Balaban J connectivity index is 2.24. The smallest absolute Gasteiger partial charge is 0.416 e. The second kappa shape index (κ2) is 10.0. The topological polar surface area (TPSA) is 72.8 Å². The fourth-order valence-electron chi connectivity index (χ4n) is 4.12. The van der Waals surface area contributed by atoms with Crippen LogP contribution in [-0.2, 0) is 31.8 Å². The number of carboxylic acid groups (broad SMARTS) is 1. The van der Waals surface area contributed by atoms with Gasteiger partial charge in [0, 0.05) is 24.3 Å². The van der Waals surface area contributed by atoms with E-state index in [1.165, 1.54) is 38.3 Å². The summed E-state index contributed by atoms with van der Waals surface area (Å²) in [5.41, 5.74) is -0.930. The van der Waals surface area contributed by atoms with Crippen molar-refractivity contribution >= 4 is 23.1 Å². The van der Waals surface area contributed by atoms with Crippen LogP contribution in [-0.4, -0.2) is 50.5 Å². The minimum Gasteiger partial charge on any atom is -0.477 e. The van der Waals surface area contributed by atoms with E-state index in [2.05, 4.69) is 0 Å². The van der Waals surface area contributed by atoms with Gasteiger partial charge in [-0.25, -0.2) is 18.5 Å². The largest absolute Gasteiger partial charge is 0.477 e. The monoisotopic (exact) mass is 482 g/mol. The van der Waals surface area contributed by atoms with E-state index in [9.17, 15) is 32.3 Å². The maximum atomic E-state index is 13.9. The number of carbonyl (C=O) groups is 2. The number of aliphatic carboxylic acids is 1. The molecule has 2 aromatic carbocycles. The van der Waals surface area contributed by atoms with Gasteiger partial charge in [0.05, 0.1) is 25.4 Å². The van der Waals surface area contributed by atoms with Gasteiger partial charge in [0.15, 0.2) is 5.57 Å². The van der Waals surface area contributed by atoms with Gasteiger partial charge in [-0.15, -0.1) is 0 Å². The molecule has 0 bridgehead atoms. The summed E-state index contributed by atoms with van der Waals surface area (Å²) in [5.74, 6) is -2.97. The molecule has 1 heterocycles. The average Bonchev–Trinajstić information content (AvgIpc) is 2.76. The highest BCUT2D eigenvalue weighted by molar-refractivity contribution is 6.26. The van der Waals surface area contributed by atoms with Gasteiger partial charge in [0.25, 0.3) is 0 Å². The van der Waals surface area contributed by atoms with Gasteiger partial charge in [-0.3, -0.25) is 0 Å². The quantitative estimate of drug-likeness (QED) is 0.248. The summed E-state index contributed by atoms with van der Waals surface area (Å²) in [6, 6.07) is 8.19. The lowest BCUT2D eigenvalue weighted by atomic mass is 9.89. The van der Waals surface area contributed by atoms with Crippen LogP contribution < -0.4 is 4.48 Å². The number of ether oxygens (including phenoxy) is 2. The number of carbonyl (C=O) groups excluding carboxylic acids is 1. The number of nitrogens with zero attached hydrogens (tertiary/aromatic N) is 1. The van der Waals surface area contributed by atoms with Crippen LogP contribution in [0.25, 0.3) is 5.57 Å². The molecule has 0 spiro atoms. The van der Waals surface area contributed by atoms with Crippen molar-refractivity contribution in [3.8, 4) is 0 Å². The molecule has 34 heavy (non-hydrogen) atoms. The molecule has 1 atom stereocenters. The van der Waals surface area contributed by atoms with E-state index < -0.39 is 39.5 Å². The first-order valence-electron chi connectivity index (χ1n) is 10.4. The number of fused-ring (bicyclic) bond motifs is 1. The number of allylic oxidation sites excluding steroid dienone is 1. The van der Waals surface area contributed by atoms with Gasteiger partial charge >= 0.3 is 18.1 Å². The molecular formula is C24H24F4NO5+. The number of hydrogen-bond acceptors (Lipinski definition) is 4. The number of carboxylic acids is 1. The van der Waals surface area contributed by atoms with E-state index >= 15 is 0 Å². The molecule has 1 unspecified atom stereocenters. The fourth-order valence-corrected chi connectivity index (χ4v) is 4.12. The van der Waals surface area contributed by atoms with Gasteiger partial charge < -0.3 is 14.6 Å². The zero-order valence-electron chi connectivity index (χ0n) is 18.6. The zero-order valence-corrected chi connectivity index (χ0v) is 18.6. The molecule has 182 valence electrons. The molecule has 1 aliphatic heterocycles. The second-order valence-corrected chi connectivity index (χ2v) is 7.92. The van der Waals surface area contributed by atoms with Crippen molar-refractivity contribution in [3.63, 3.8) is 0 Å². The molecule has 2 aromatic rings. The minimum absolute atomic E-state index is 0.0121. The summed E-state index contributed by atoms with van der Waals surface area (Å²) in [6.45, 7) is 1.30. The van der Waals surface area contributed by atoms with Crippen LogP contribution in [0, 0.1) is 5.82 Å². The third kappa shape index (κ3) is 5.03. The lowest BCUT2D eigenvalue weighted by molar-refractivity contribution is -0.140. The Kier molecular flexibility index (Phi) is 7.54. The lowest BCUT2D eigenvalue weighted by Gasteiger charge is -2.40. The van der Waals surface area contributed by atoms with Crippen molar-refractivity contribution in [2.45, 2.75) is 19.6 Å². The first-order chi connectivity index (χ1) is 16.0. The molecule has 6 nitrogen and oxygen atoms in total. The predicted octanol–water partition coefficient (Wildman–Crippen LogP) is 4.41. The highest BCUT2D eigenvalue weighted by Gasteiger charge is 2.50. The molecule has 0 aliphatic carbocycles. The molecule has 10 heteroatoms. The molecule has 3 rings (SSSR count). The Morgan fingerprint density at radius 1 is 1.09 bits per heavy atom. The fraction of sp³-hybridized carbons (Fsp3) is 0.333. The number of quaternary nitrogens is 1. The molecule has 0 radical (unpaired) electrons. The molecule has 0 aromatic heterocycles. The van der Waals surface area contributed by atoms with Crippen LogP contribution in [0.15, 0.2) is 48.0 Å². The third-order valence-corrected chi connectivity index (χ3v) is 5.77. The number of benzene rings is 2. The maximum absolute atomic E-state index is 13.9. The second-order valence-electron chi connectivity index (χ2n) is 7.92. The molecular weight excluding hydrogens is 458 g/mol. The number of alkyl halides is 3. The van der Waals surface area contributed by atoms with E-state index in [1.807, 2.05) is 0 Å². The third-order valence-electron chi connectivity index (χ3n) is 5.77. The first-order valence-corrected chi connectivity index (χ1v) is 10.4. The van der Waals surface area contributed by atoms with Crippen molar-refractivity contribution in [1.82, 2.24) is 4.48 Å². The highest BCUT2D eigenvalue weighted by Crippen LogP contribution is 2.44. The van der Waals surface area contributed by atoms with E-state index in [0.717, 1.165) is 18.2 Å². The van der Waals surface area contributed by atoms with E-state index in [4.69, 9.17) is 9.47 Å². The van der Waals surface area contributed by atoms with Crippen LogP contribution in [0.3, 0.4) is 0 Å². The Morgan fingerprint density at radius 2 is 1.82 bits per heavy atom. The summed E-state index contributed by atoms with van der Waals surface area (Å²) >= 11 is 0.